The molecule has 3 aromatic carbocycles. The van der Waals surface area contributed by atoms with Gasteiger partial charge in [-0.25, -0.2) is 15.6 Å². The molecule has 0 spiro atoms. The lowest BCUT2D eigenvalue weighted by Crippen LogP contribution is -2.41. The molecule has 2 saturated heterocycles. The van der Waals surface area contributed by atoms with E-state index in [0.717, 1.165) is 11.1 Å². The number of phenols is 1. The molecule has 2 aliphatic heterocycles. The number of ether oxygens (including phenoxy) is 1. The van der Waals surface area contributed by atoms with Crippen molar-refractivity contribution in [2.45, 2.75) is 25.0 Å². The third-order valence-corrected chi connectivity index (χ3v) is 6.36. The molecule has 2 fully saturated rings. The fourth-order valence-corrected chi connectivity index (χ4v) is 4.88. The molecule has 2 heterocycles. The van der Waals surface area contributed by atoms with Crippen molar-refractivity contribution in [1.29, 1.82) is 0 Å². The van der Waals surface area contributed by atoms with Crippen LogP contribution < -0.4 is 15.8 Å². The number of benzene rings is 3. The SMILES string of the molecule is CCOC(=O)c1ccc(N2C(=O)C3NNC(c4ccccc4)C3C2c2ccc(O)cc2)cc1. The summed E-state index contributed by atoms with van der Waals surface area (Å²) < 4.78 is 5.08. The molecule has 3 N–H and O–H groups in total. The molecule has 1 amide bonds. The van der Waals surface area contributed by atoms with Crippen molar-refractivity contribution in [3.8, 4) is 5.75 Å². The summed E-state index contributed by atoms with van der Waals surface area (Å²) in [6, 6.07) is 23.2. The molecule has 168 valence electrons. The molecule has 4 atom stereocenters. The van der Waals surface area contributed by atoms with Crippen LogP contribution in [0.3, 0.4) is 0 Å². The van der Waals surface area contributed by atoms with Crippen LogP contribution in [0.15, 0.2) is 78.9 Å². The zero-order valence-electron chi connectivity index (χ0n) is 18.1. The minimum atomic E-state index is -0.418. The fourth-order valence-electron chi connectivity index (χ4n) is 4.88. The predicted molar refractivity (Wildman–Crippen MR) is 123 cm³/mol. The van der Waals surface area contributed by atoms with E-state index in [1.807, 2.05) is 30.3 Å². The van der Waals surface area contributed by atoms with E-state index in [4.69, 9.17) is 4.74 Å². The lowest BCUT2D eigenvalue weighted by molar-refractivity contribution is -0.119. The van der Waals surface area contributed by atoms with Gasteiger partial charge in [-0.3, -0.25) is 4.79 Å². The van der Waals surface area contributed by atoms with Gasteiger partial charge in [-0.05, 0) is 54.4 Å². The molecule has 2 aliphatic rings. The number of hydrogen-bond donors (Lipinski definition) is 3. The smallest absolute Gasteiger partial charge is 0.338 e. The number of nitrogens with one attached hydrogen (secondary N) is 2. The summed E-state index contributed by atoms with van der Waals surface area (Å²) in [5.41, 5.74) is 9.69. The Morgan fingerprint density at radius 2 is 1.58 bits per heavy atom. The Balaban J connectivity index is 1.56. The van der Waals surface area contributed by atoms with E-state index >= 15 is 0 Å². The second-order valence-electron chi connectivity index (χ2n) is 8.24. The zero-order valence-corrected chi connectivity index (χ0v) is 18.1. The van der Waals surface area contributed by atoms with Gasteiger partial charge in [0.1, 0.15) is 11.8 Å². The maximum Gasteiger partial charge on any atom is 0.338 e. The van der Waals surface area contributed by atoms with Crippen molar-refractivity contribution < 1.29 is 19.4 Å². The molecule has 0 bridgehead atoms. The largest absolute Gasteiger partial charge is 0.508 e. The van der Waals surface area contributed by atoms with Gasteiger partial charge in [-0.1, -0.05) is 42.5 Å². The summed E-state index contributed by atoms with van der Waals surface area (Å²) in [4.78, 5) is 27.5. The molecule has 0 aromatic heterocycles. The van der Waals surface area contributed by atoms with E-state index in [0.29, 0.717) is 17.9 Å². The number of hydrogen-bond acceptors (Lipinski definition) is 6. The molecule has 33 heavy (non-hydrogen) atoms. The van der Waals surface area contributed by atoms with Crippen molar-refractivity contribution in [3.63, 3.8) is 0 Å². The highest BCUT2D eigenvalue weighted by Crippen LogP contribution is 2.49. The number of nitrogens with zero attached hydrogens (tertiary/aromatic N) is 1. The van der Waals surface area contributed by atoms with Gasteiger partial charge in [0, 0.05) is 11.6 Å². The van der Waals surface area contributed by atoms with Crippen LogP contribution in [0, 0.1) is 5.92 Å². The summed E-state index contributed by atoms with van der Waals surface area (Å²) >= 11 is 0. The number of aromatic hydroxyl groups is 1. The Labute approximate surface area is 192 Å². The summed E-state index contributed by atoms with van der Waals surface area (Å²) in [6.45, 7) is 2.07. The monoisotopic (exact) mass is 443 g/mol. The van der Waals surface area contributed by atoms with Crippen LogP contribution >= 0.6 is 0 Å². The van der Waals surface area contributed by atoms with Gasteiger partial charge < -0.3 is 14.7 Å². The quantitative estimate of drug-likeness (QED) is 0.523. The molecule has 0 aliphatic carbocycles. The van der Waals surface area contributed by atoms with E-state index in [-0.39, 0.29) is 29.7 Å². The molecule has 7 heteroatoms. The first-order valence-electron chi connectivity index (χ1n) is 11.0. The van der Waals surface area contributed by atoms with E-state index in [2.05, 4.69) is 23.0 Å². The number of carbonyl (C=O) groups excluding carboxylic acids is 2. The average Bonchev–Trinajstić information content (AvgIpc) is 3.39. The second kappa shape index (κ2) is 8.69. The van der Waals surface area contributed by atoms with Gasteiger partial charge in [-0.15, -0.1) is 0 Å². The van der Waals surface area contributed by atoms with Gasteiger partial charge in [0.25, 0.3) is 0 Å². The first-order chi connectivity index (χ1) is 16.1. The van der Waals surface area contributed by atoms with Gasteiger partial charge in [0.05, 0.1) is 24.3 Å². The molecular formula is C26H25N3O4. The van der Waals surface area contributed by atoms with Crippen LogP contribution in [-0.4, -0.2) is 29.6 Å². The van der Waals surface area contributed by atoms with Crippen molar-refractivity contribution in [2.24, 2.45) is 5.92 Å². The first kappa shape index (κ1) is 21.2. The Kier molecular flexibility index (Phi) is 5.58. The highest BCUT2D eigenvalue weighted by atomic mass is 16.5. The fraction of sp³-hybridized carbons (Fsp3) is 0.231. The molecule has 7 nitrogen and oxygen atoms in total. The van der Waals surface area contributed by atoms with E-state index in [9.17, 15) is 14.7 Å². The molecule has 5 rings (SSSR count). The predicted octanol–water partition coefficient (Wildman–Crippen LogP) is 3.49. The van der Waals surface area contributed by atoms with Crippen molar-refractivity contribution >= 4 is 17.6 Å². The van der Waals surface area contributed by atoms with Gasteiger partial charge in [0.15, 0.2) is 0 Å². The first-order valence-corrected chi connectivity index (χ1v) is 11.0. The second-order valence-corrected chi connectivity index (χ2v) is 8.24. The lowest BCUT2D eigenvalue weighted by atomic mass is 9.83. The minimum Gasteiger partial charge on any atom is -0.508 e. The number of phenolic OH excluding ortho intramolecular Hbond substituents is 1. The van der Waals surface area contributed by atoms with Gasteiger partial charge in [0.2, 0.25) is 5.91 Å². The van der Waals surface area contributed by atoms with Crippen molar-refractivity contribution in [3.05, 3.63) is 95.6 Å². The van der Waals surface area contributed by atoms with Crippen LogP contribution in [0.5, 0.6) is 5.75 Å². The molecule has 3 aromatic rings. The van der Waals surface area contributed by atoms with Crippen LogP contribution in [0.4, 0.5) is 5.69 Å². The lowest BCUT2D eigenvalue weighted by Gasteiger charge is -2.31. The summed E-state index contributed by atoms with van der Waals surface area (Å²) in [6.07, 6.45) is 0. The normalized spacial score (nSPS) is 24.0. The van der Waals surface area contributed by atoms with Crippen LogP contribution in [-0.2, 0) is 9.53 Å². The third-order valence-electron chi connectivity index (χ3n) is 6.36. The topological polar surface area (TPSA) is 90.9 Å². The van der Waals surface area contributed by atoms with E-state index in [1.165, 1.54) is 0 Å². The third kappa shape index (κ3) is 3.75. The standard InChI is InChI=1S/C26H25N3O4/c1-2-33-26(32)18-8-12-19(13-9-18)29-24(17-10-14-20(30)15-11-17)21-22(16-6-4-3-5-7-16)27-28-23(21)25(29)31/h3-15,21-24,27-28,30H,2H2,1H3. The maximum atomic E-state index is 13.6. The van der Waals surface area contributed by atoms with Gasteiger partial charge in [-0.2, -0.15) is 0 Å². The van der Waals surface area contributed by atoms with Gasteiger partial charge >= 0.3 is 5.97 Å². The number of carbonyl (C=O) groups is 2. The van der Waals surface area contributed by atoms with E-state index in [1.54, 1.807) is 48.2 Å². The molecular weight excluding hydrogens is 418 g/mol. The Morgan fingerprint density at radius 1 is 0.909 bits per heavy atom. The van der Waals surface area contributed by atoms with Crippen LogP contribution in [0.1, 0.15) is 40.5 Å². The number of fused-ring (bicyclic) bond motifs is 1. The van der Waals surface area contributed by atoms with Crippen molar-refractivity contribution in [1.82, 2.24) is 10.9 Å². The zero-order chi connectivity index (χ0) is 22.9. The van der Waals surface area contributed by atoms with E-state index < -0.39 is 12.0 Å². The average molecular weight is 444 g/mol. The molecule has 0 radical (unpaired) electrons. The van der Waals surface area contributed by atoms with Crippen LogP contribution in [0.2, 0.25) is 0 Å². The number of rotatable bonds is 5. The Morgan fingerprint density at radius 3 is 2.24 bits per heavy atom. The molecule has 0 saturated carbocycles. The number of amides is 1. The highest BCUT2D eigenvalue weighted by molar-refractivity contribution is 6.02. The number of esters is 1. The summed E-state index contributed by atoms with van der Waals surface area (Å²) in [5, 5.41) is 9.83. The van der Waals surface area contributed by atoms with Crippen LogP contribution in [0.25, 0.3) is 0 Å². The molecule has 4 unspecified atom stereocenters. The highest BCUT2D eigenvalue weighted by Gasteiger charge is 2.55. The Hall–Kier alpha value is -3.68. The number of anilines is 1. The number of hydrazine groups is 1. The minimum absolute atomic E-state index is 0.0482. The summed E-state index contributed by atoms with van der Waals surface area (Å²) in [7, 11) is 0. The maximum absolute atomic E-state index is 13.6. The van der Waals surface area contributed by atoms with Crippen molar-refractivity contribution in [2.75, 3.05) is 11.5 Å². The Bertz CT molecular complexity index is 1150. The summed E-state index contributed by atoms with van der Waals surface area (Å²) in [5.74, 6) is -0.354.